The molecule has 1 aliphatic heterocycles. The Morgan fingerprint density at radius 1 is 1.29 bits per heavy atom. The van der Waals surface area contributed by atoms with E-state index in [1.165, 1.54) is 0 Å². The van der Waals surface area contributed by atoms with Crippen molar-refractivity contribution in [3.05, 3.63) is 0 Å². The molecule has 0 spiro atoms. The summed E-state index contributed by atoms with van der Waals surface area (Å²) in [7, 11) is 0. The van der Waals surface area contributed by atoms with Gasteiger partial charge in [-0.05, 0) is 13.8 Å². The van der Waals surface area contributed by atoms with Crippen molar-refractivity contribution in [2.45, 2.75) is 26.7 Å². The molecule has 6 heteroatoms. The van der Waals surface area contributed by atoms with Gasteiger partial charge < -0.3 is 14.8 Å². The summed E-state index contributed by atoms with van der Waals surface area (Å²) in [6.07, 6.45) is -0.150. The summed E-state index contributed by atoms with van der Waals surface area (Å²) in [6.45, 7) is 3.97. The summed E-state index contributed by atoms with van der Waals surface area (Å²) in [4.78, 5) is 34.5. The van der Waals surface area contributed by atoms with Crippen LogP contribution in [0.1, 0.15) is 26.7 Å². The molecule has 1 fully saturated rings. The SMILES string of the molecule is CCOC(=O)C[C@]1(C(=O)OCC)CNC(=O)C1. The maximum Gasteiger partial charge on any atom is 0.314 e. The summed E-state index contributed by atoms with van der Waals surface area (Å²) >= 11 is 0. The number of carbonyl (C=O) groups is 3. The molecule has 6 nitrogen and oxygen atoms in total. The highest BCUT2D eigenvalue weighted by Crippen LogP contribution is 2.32. The Labute approximate surface area is 99.6 Å². The van der Waals surface area contributed by atoms with E-state index in [1.807, 2.05) is 0 Å². The average Bonchev–Trinajstić information content (AvgIpc) is 2.62. The maximum absolute atomic E-state index is 11.8. The highest BCUT2D eigenvalue weighted by atomic mass is 16.5. The first kappa shape index (κ1) is 13.5. The largest absolute Gasteiger partial charge is 0.466 e. The smallest absolute Gasteiger partial charge is 0.314 e. The van der Waals surface area contributed by atoms with Crippen molar-refractivity contribution in [3.63, 3.8) is 0 Å². The van der Waals surface area contributed by atoms with Crippen LogP contribution in [0.2, 0.25) is 0 Å². The lowest BCUT2D eigenvalue weighted by molar-refractivity contribution is -0.161. The summed E-state index contributed by atoms with van der Waals surface area (Å²) in [5.74, 6) is -1.26. The monoisotopic (exact) mass is 243 g/mol. The summed E-state index contributed by atoms with van der Waals surface area (Å²) in [5, 5.41) is 2.55. The van der Waals surface area contributed by atoms with E-state index in [1.54, 1.807) is 13.8 Å². The molecule has 0 aliphatic carbocycles. The van der Waals surface area contributed by atoms with E-state index in [-0.39, 0.29) is 38.5 Å². The lowest BCUT2D eigenvalue weighted by Gasteiger charge is -2.23. The van der Waals surface area contributed by atoms with E-state index in [2.05, 4.69) is 5.32 Å². The normalized spacial score (nSPS) is 23.1. The zero-order valence-electron chi connectivity index (χ0n) is 10.1. The number of ether oxygens (including phenoxy) is 2. The van der Waals surface area contributed by atoms with Gasteiger partial charge in [0.2, 0.25) is 5.91 Å². The molecule has 0 aromatic heterocycles. The fourth-order valence-electron chi connectivity index (χ4n) is 1.81. The molecular formula is C11H17NO5. The molecule has 1 amide bonds. The zero-order valence-corrected chi connectivity index (χ0v) is 10.1. The van der Waals surface area contributed by atoms with Gasteiger partial charge in [0.05, 0.1) is 19.6 Å². The lowest BCUT2D eigenvalue weighted by atomic mass is 9.83. The molecule has 17 heavy (non-hydrogen) atoms. The molecule has 1 rings (SSSR count). The van der Waals surface area contributed by atoms with Gasteiger partial charge in [0.15, 0.2) is 0 Å². The van der Waals surface area contributed by atoms with E-state index in [0.29, 0.717) is 0 Å². The van der Waals surface area contributed by atoms with Crippen LogP contribution in [0.25, 0.3) is 0 Å². The minimum absolute atomic E-state index is 0.0232. The van der Waals surface area contributed by atoms with Crippen molar-refractivity contribution in [1.29, 1.82) is 0 Å². The van der Waals surface area contributed by atoms with Gasteiger partial charge in [-0.2, -0.15) is 0 Å². The number of hydrogen-bond acceptors (Lipinski definition) is 5. The van der Waals surface area contributed by atoms with E-state index in [4.69, 9.17) is 9.47 Å². The van der Waals surface area contributed by atoms with Crippen LogP contribution in [0.5, 0.6) is 0 Å². The Kier molecular flexibility index (Phi) is 4.48. The Morgan fingerprint density at radius 2 is 1.94 bits per heavy atom. The van der Waals surface area contributed by atoms with Crippen LogP contribution in [-0.2, 0) is 23.9 Å². The van der Waals surface area contributed by atoms with Gasteiger partial charge >= 0.3 is 11.9 Å². The Balaban J connectivity index is 2.76. The summed E-state index contributed by atoms with van der Waals surface area (Å²) < 4.78 is 9.72. The van der Waals surface area contributed by atoms with Gasteiger partial charge in [0.25, 0.3) is 0 Å². The zero-order chi connectivity index (χ0) is 12.9. The van der Waals surface area contributed by atoms with Gasteiger partial charge in [-0.1, -0.05) is 0 Å². The standard InChI is InChI=1S/C11H17NO5/c1-3-16-9(14)6-11(10(15)17-4-2)5-8(13)12-7-11/h3-7H2,1-2H3,(H,12,13)/t11-/m0/s1. The molecule has 1 heterocycles. The molecule has 0 aromatic carbocycles. The first-order valence-corrected chi connectivity index (χ1v) is 5.63. The highest BCUT2D eigenvalue weighted by molar-refractivity contribution is 5.92. The average molecular weight is 243 g/mol. The molecule has 0 radical (unpaired) electrons. The van der Waals surface area contributed by atoms with Crippen molar-refractivity contribution in [2.24, 2.45) is 5.41 Å². The van der Waals surface area contributed by atoms with Gasteiger partial charge in [-0.3, -0.25) is 14.4 Å². The summed E-state index contributed by atoms with van der Waals surface area (Å²) in [6, 6.07) is 0. The minimum Gasteiger partial charge on any atom is -0.466 e. The number of amides is 1. The third kappa shape index (κ3) is 3.18. The molecule has 1 atom stereocenters. The van der Waals surface area contributed by atoms with E-state index < -0.39 is 17.4 Å². The maximum atomic E-state index is 11.8. The van der Waals surface area contributed by atoms with Crippen LogP contribution in [0.15, 0.2) is 0 Å². The van der Waals surface area contributed by atoms with Gasteiger partial charge in [0, 0.05) is 13.0 Å². The second-order valence-corrected chi connectivity index (χ2v) is 3.94. The molecule has 96 valence electrons. The van der Waals surface area contributed by atoms with Crippen LogP contribution in [0.3, 0.4) is 0 Å². The van der Waals surface area contributed by atoms with Crippen LogP contribution in [0, 0.1) is 5.41 Å². The third-order valence-corrected chi connectivity index (χ3v) is 2.62. The second kappa shape index (κ2) is 5.65. The molecule has 0 aromatic rings. The third-order valence-electron chi connectivity index (χ3n) is 2.62. The van der Waals surface area contributed by atoms with Crippen LogP contribution < -0.4 is 5.32 Å². The van der Waals surface area contributed by atoms with Gasteiger partial charge in [-0.15, -0.1) is 0 Å². The van der Waals surface area contributed by atoms with E-state index in [0.717, 1.165) is 0 Å². The van der Waals surface area contributed by atoms with Crippen molar-refractivity contribution >= 4 is 17.8 Å². The number of rotatable bonds is 5. The number of carbonyl (C=O) groups excluding carboxylic acids is 3. The van der Waals surface area contributed by atoms with Crippen molar-refractivity contribution < 1.29 is 23.9 Å². The van der Waals surface area contributed by atoms with Crippen LogP contribution in [-0.4, -0.2) is 37.6 Å². The lowest BCUT2D eigenvalue weighted by Crippen LogP contribution is -2.37. The van der Waals surface area contributed by atoms with Gasteiger partial charge in [0.1, 0.15) is 5.41 Å². The molecular weight excluding hydrogens is 226 g/mol. The molecule has 1 aliphatic rings. The first-order valence-electron chi connectivity index (χ1n) is 5.63. The van der Waals surface area contributed by atoms with Crippen LogP contribution in [0.4, 0.5) is 0 Å². The number of esters is 2. The molecule has 1 N–H and O–H groups in total. The predicted octanol–water partition coefficient (Wildman–Crippen LogP) is 0.00900. The van der Waals surface area contributed by atoms with Crippen LogP contribution >= 0.6 is 0 Å². The number of hydrogen-bond donors (Lipinski definition) is 1. The molecule has 0 bridgehead atoms. The van der Waals surface area contributed by atoms with Crippen molar-refractivity contribution in [3.8, 4) is 0 Å². The van der Waals surface area contributed by atoms with Crippen molar-refractivity contribution in [1.82, 2.24) is 5.32 Å². The fourth-order valence-corrected chi connectivity index (χ4v) is 1.81. The summed E-state index contributed by atoms with van der Waals surface area (Å²) in [5.41, 5.74) is -1.10. The topological polar surface area (TPSA) is 81.7 Å². The van der Waals surface area contributed by atoms with Crippen molar-refractivity contribution in [2.75, 3.05) is 19.8 Å². The number of nitrogens with one attached hydrogen (secondary N) is 1. The second-order valence-electron chi connectivity index (χ2n) is 3.94. The van der Waals surface area contributed by atoms with Gasteiger partial charge in [-0.25, -0.2) is 0 Å². The van der Waals surface area contributed by atoms with E-state index >= 15 is 0 Å². The highest BCUT2D eigenvalue weighted by Gasteiger charge is 2.48. The molecule has 0 unspecified atom stereocenters. The Hall–Kier alpha value is -1.59. The predicted molar refractivity (Wildman–Crippen MR) is 57.9 cm³/mol. The first-order chi connectivity index (χ1) is 8.04. The molecule has 1 saturated heterocycles. The fraction of sp³-hybridized carbons (Fsp3) is 0.727. The molecule has 0 saturated carbocycles. The Bertz CT molecular complexity index is 328. The minimum atomic E-state index is -1.10. The Morgan fingerprint density at radius 3 is 2.41 bits per heavy atom. The quantitative estimate of drug-likeness (QED) is 0.688. The van der Waals surface area contributed by atoms with E-state index in [9.17, 15) is 14.4 Å².